The Hall–Kier alpha value is -2.02. The molecule has 4 aliphatic heterocycles. The van der Waals surface area contributed by atoms with E-state index in [2.05, 4.69) is 15.3 Å². The molecular formula is C31H55N5O20. The first-order valence-electron chi connectivity index (χ1n) is 18.2. The molecule has 25 heteroatoms. The van der Waals surface area contributed by atoms with E-state index >= 15 is 0 Å². The van der Waals surface area contributed by atoms with Crippen molar-refractivity contribution in [2.45, 2.75) is 149 Å². The Kier molecular flexibility index (Phi) is 18.2. The Balaban J connectivity index is 1.48. The number of ether oxygens (including phenoxy) is 8. The number of carbonyl (C=O) groups is 1. The summed E-state index contributed by atoms with van der Waals surface area (Å²) in [4.78, 5) is 14.6. The maximum absolute atomic E-state index is 11.9. The number of nitrogens with zero attached hydrogens (tertiary/aromatic N) is 3. The van der Waals surface area contributed by atoms with E-state index in [1.807, 2.05) is 0 Å². The highest BCUT2D eigenvalue weighted by Crippen LogP contribution is 2.34. The Bertz CT molecular complexity index is 1260. The number of azide groups is 1. The number of nitrogens with two attached hydrogens (primary N) is 1. The highest BCUT2D eigenvalue weighted by atomic mass is 16.8. The molecule has 324 valence electrons. The lowest BCUT2D eigenvalue weighted by Crippen LogP contribution is -2.69. The standard InChI is InChI=1S/C31H55N5O20/c1-11(40)35-16-19(43)17(41)13(8-37)51-28(16)56-27-18(42)14(9-38)52-31(24(27)48)55-26-15(10-39)53-30(23(47)21(26)45)54-25-12(7-34-36-33)50-29(22(46)20(25)44)49-6-4-2-3-5-32/h12-31,37-39,41-48H,2-10,32H2,1H3,(H,35,40)/t12?,13?,14?,15?,16?,17-,18-,19?,20?,21?,22?,23?,24+,25+,26-,27?,28-,29+,30-,31+/m0/s1. The molecule has 4 saturated heterocycles. The third-order valence-corrected chi connectivity index (χ3v) is 9.86. The van der Waals surface area contributed by atoms with Crippen molar-refractivity contribution in [3.63, 3.8) is 0 Å². The van der Waals surface area contributed by atoms with Gasteiger partial charge in [-0.3, -0.25) is 4.79 Å². The van der Waals surface area contributed by atoms with Gasteiger partial charge in [-0.1, -0.05) is 5.11 Å². The SMILES string of the molecule is CC(=O)NC1C(O)[C@@H](O)C(CO)O[C@H]1OC1[C@@H](O)C(CO)O[C@H](O[C@H]2C(CO)O[C@@H](O[C@@H]3C(CN=[N+]=[N-])O[C@@H](OCCCCCN)C(O)C3O)C(O)C2O)[C@@H]1O. The topological polar surface area (TPSA) is 400 Å². The van der Waals surface area contributed by atoms with Crippen LogP contribution in [-0.2, 0) is 42.7 Å². The number of aliphatic hydroxyl groups is 11. The summed E-state index contributed by atoms with van der Waals surface area (Å²) in [5.74, 6) is -0.693. The first kappa shape index (κ1) is 46.7. The average Bonchev–Trinajstić information content (AvgIpc) is 3.18. The lowest BCUT2D eigenvalue weighted by molar-refractivity contribution is -0.385. The maximum atomic E-state index is 11.9. The Morgan fingerprint density at radius 3 is 1.75 bits per heavy atom. The molecule has 0 aliphatic carbocycles. The van der Waals surface area contributed by atoms with Crippen LogP contribution in [0.15, 0.2) is 5.11 Å². The van der Waals surface area contributed by atoms with Crippen LogP contribution in [0.1, 0.15) is 26.2 Å². The summed E-state index contributed by atoms with van der Waals surface area (Å²) in [6.45, 7) is -1.35. The molecule has 0 aromatic heterocycles. The lowest BCUT2D eigenvalue weighted by Gasteiger charge is -2.49. The van der Waals surface area contributed by atoms with E-state index in [0.29, 0.717) is 13.0 Å². The fraction of sp³-hybridized carbons (Fsp3) is 0.968. The highest BCUT2D eigenvalue weighted by Gasteiger charge is 2.55. The van der Waals surface area contributed by atoms with Gasteiger partial charge in [0.05, 0.1) is 32.5 Å². The minimum atomic E-state index is -2.03. The molecule has 0 saturated carbocycles. The zero-order chi connectivity index (χ0) is 41.3. The van der Waals surface area contributed by atoms with Gasteiger partial charge in [0.1, 0.15) is 91.5 Å². The molecule has 4 rings (SSSR count). The zero-order valence-electron chi connectivity index (χ0n) is 30.4. The summed E-state index contributed by atoms with van der Waals surface area (Å²) in [5.41, 5.74) is 14.4. The van der Waals surface area contributed by atoms with Crippen LogP contribution in [-0.4, -0.2) is 224 Å². The largest absolute Gasteiger partial charge is 0.394 e. The van der Waals surface area contributed by atoms with Gasteiger partial charge in [0.15, 0.2) is 25.2 Å². The number of carbonyl (C=O) groups excluding carboxylic acids is 1. The third-order valence-electron chi connectivity index (χ3n) is 9.86. The Morgan fingerprint density at radius 2 is 1.16 bits per heavy atom. The Morgan fingerprint density at radius 1 is 0.643 bits per heavy atom. The quantitative estimate of drug-likeness (QED) is 0.0264. The molecule has 4 fully saturated rings. The predicted octanol–water partition coefficient (Wildman–Crippen LogP) is -7.13. The van der Waals surface area contributed by atoms with Crippen molar-refractivity contribution in [2.75, 3.05) is 39.5 Å². The van der Waals surface area contributed by atoms with Gasteiger partial charge in [-0.2, -0.15) is 0 Å². The average molecular weight is 818 g/mol. The molecule has 4 heterocycles. The van der Waals surface area contributed by atoms with Gasteiger partial charge >= 0.3 is 0 Å². The lowest BCUT2D eigenvalue weighted by atomic mass is 9.95. The van der Waals surface area contributed by atoms with Gasteiger partial charge in [-0.05, 0) is 31.3 Å². The predicted molar refractivity (Wildman–Crippen MR) is 179 cm³/mol. The van der Waals surface area contributed by atoms with Gasteiger partial charge in [-0.25, -0.2) is 0 Å². The van der Waals surface area contributed by atoms with Gasteiger partial charge in [-0.15, -0.1) is 0 Å². The van der Waals surface area contributed by atoms with Gasteiger partial charge in [0.25, 0.3) is 0 Å². The number of amides is 1. The molecule has 25 nitrogen and oxygen atoms in total. The third kappa shape index (κ3) is 11.0. The van der Waals surface area contributed by atoms with E-state index in [-0.39, 0.29) is 6.61 Å². The first-order chi connectivity index (χ1) is 26.7. The minimum absolute atomic E-state index is 0.137. The number of rotatable bonds is 18. The fourth-order valence-electron chi connectivity index (χ4n) is 6.81. The minimum Gasteiger partial charge on any atom is -0.394 e. The second-order valence-electron chi connectivity index (χ2n) is 13.8. The van der Waals surface area contributed by atoms with E-state index in [1.54, 1.807) is 0 Å². The smallest absolute Gasteiger partial charge is 0.217 e. The van der Waals surface area contributed by atoms with Crippen LogP contribution >= 0.6 is 0 Å². The van der Waals surface area contributed by atoms with E-state index in [4.69, 9.17) is 49.2 Å². The molecular weight excluding hydrogens is 762 g/mol. The summed E-state index contributed by atoms with van der Waals surface area (Å²) in [6, 6.07) is -1.50. The molecule has 0 aromatic carbocycles. The van der Waals surface area contributed by atoms with Crippen LogP contribution in [0.5, 0.6) is 0 Å². The van der Waals surface area contributed by atoms with Crippen molar-refractivity contribution in [2.24, 2.45) is 10.8 Å². The van der Waals surface area contributed by atoms with Crippen molar-refractivity contribution in [3.8, 4) is 0 Å². The van der Waals surface area contributed by atoms with Crippen LogP contribution in [0.4, 0.5) is 0 Å². The first-order valence-corrected chi connectivity index (χ1v) is 18.2. The van der Waals surface area contributed by atoms with Crippen molar-refractivity contribution in [3.05, 3.63) is 10.4 Å². The van der Waals surface area contributed by atoms with Crippen molar-refractivity contribution < 1.29 is 98.9 Å². The molecule has 56 heavy (non-hydrogen) atoms. The van der Waals surface area contributed by atoms with Crippen LogP contribution in [0.25, 0.3) is 10.4 Å². The van der Waals surface area contributed by atoms with Crippen LogP contribution in [0, 0.1) is 0 Å². The second-order valence-corrected chi connectivity index (χ2v) is 13.8. The second kappa shape index (κ2) is 21.8. The number of hydrogen-bond acceptors (Lipinski definition) is 22. The van der Waals surface area contributed by atoms with E-state index in [0.717, 1.165) is 19.8 Å². The summed E-state index contributed by atoms with van der Waals surface area (Å²) in [7, 11) is 0. The van der Waals surface area contributed by atoms with Gasteiger partial charge in [0.2, 0.25) is 5.91 Å². The van der Waals surface area contributed by atoms with Crippen molar-refractivity contribution in [1.29, 1.82) is 0 Å². The van der Waals surface area contributed by atoms with E-state index < -0.39 is 155 Å². The number of nitrogens with one attached hydrogen (secondary N) is 1. The number of hydrogen-bond donors (Lipinski definition) is 13. The normalized spacial score (nSPS) is 44.5. The summed E-state index contributed by atoms with van der Waals surface area (Å²) >= 11 is 0. The van der Waals surface area contributed by atoms with E-state index in [9.17, 15) is 61.0 Å². The summed E-state index contributed by atoms with van der Waals surface area (Å²) in [5, 5.41) is 123. The molecule has 14 N–H and O–H groups in total. The summed E-state index contributed by atoms with van der Waals surface area (Å²) in [6.07, 6.45) is -30.6. The fourth-order valence-corrected chi connectivity index (χ4v) is 6.81. The van der Waals surface area contributed by atoms with Crippen LogP contribution < -0.4 is 11.1 Å². The molecule has 0 bridgehead atoms. The molecule has 20 atom stereocenters. The summed E-state index contributed by atoms with van der Waals surface area (Å²) < 4.78 is 45.4. The zero-order valence-corrected chi connectivity index (χ0v) is 30.4. The molecule has 11 unspecified atom stereocenters. The number of unbranched alkanes of at least 4 members (excludes halogenated alkanes) is 2. The highest BCUT2D eigenvalue weighted by molar-refractivity contribution is 5.73. The Labute approximate surface area is 319 Å². The molecule has 0 radical (unpaired) electrons. The number of aliphatic hydroxyl groups excluding tert-OH is 11. The van der Waals surface area contributed by atoms with Crippen molar-refractivity contribution >= 4 is 5.91 Å². The monoisotopic (exact) mass is 817 g/mol. The van der Waals surface area contributed by atoms with Crippen molar-refractivity contribution in [1.82, 2.24) is 5.32 Å². The molecule has 0 spiro atoms. The van der Waals surface area contributed by atoms with Crippen LogP contribution in [0.2, 0.25) is 0 Å². The molecule has 0 aromatic rings. The molecule has 4 aliphatic rings. The van der Waals surface area contributed by atoms with Gasteiger partial charge < -0.3 is 105 Å². The van der Waals surface area contributed by atoms with Crippen LogP contribution in [0.3, 0.4) is 0 Å². The molecule has 1 amide bonds. The van der Waals surface area contributed by atoms with Gasteiger partial charge in [0, 0.05) is 18.4 Å². The van der Waals surface area contributed by atoms with E-state index in [1.165, 1.54) is 0 Å². The maximum Gasteiger partial charge on any atom is 0.217 e.